The van der Waals surface area contributed by atoms with Crippen LogP contribution in [0.5, 0.6) is 0 Å². The molecule has 0 N–H and O–H groups in total. The predicted octanol–water partition coefficient (Wildman–Crippen LogP) is 5.04. The summed E-state index contributed by atoms with van der Waals surface area (Å²) in [5, 5.41) is 5.40. The van der Waals surface area contributed by atoms with E-state index in [1.165, 1.54) is 0 Å². The fourth-order valence-corrected chi connectivity index (χ4v) is 3.93. The van der Waals surface area contributed by atoms with E-state index in [0.29, 0.717) is 22.6 Å². The number of hydrogen-bond donors (Lipinski definition) is 0. The van der Waals surface area contributed by atoms with Crippen LogP contribution in [0, 0.1) is 13.8 Å². The first-order chi connectivity index (χ1) is 13.8. The Balaban J connectivity index is 1.61. The second-order valence-electron chi connectivity index (χ2n) is 6.67. The number of halogens is 4. The SMILES string of the molecule is Cc1sc2ncn3nc(-c4cccc(COCC(F)(F)C(F)F)c4)nc3c2c1C. The molecule has 5 nitrogen and oxygen atoms in total. The first-order valence-electron chi connectivity index (χ1n) is 8.70. The highest BCUT2D eigenvalue weighted by Gasteiger charge is 2.40. The molecule has 0 aliphatic rings. The van der Waals surface area contributed by atoms with Crippen LogP contribution in [-0.4, -0.2) is 38.5 Å². The zero-order valence-corrected chi connectivity index (χ0v) is 16.3. The molecule has 4 rings (SSSR count). The molecule has 0 spiro atoms. The molecule has 0 saturated heterocycles. The van der Waals surface area contributed by atoms with Crippen molar-refractivity contribution in [3.05, 3.63) is 46.6 Å². The minimum absolute atomic E-state index is 0.224. The van der Waals surface area contributed by atoms with E-state index in [4.69, 9.17) is 4.74 Å². The summed E-state index contributed by atoms with van der Waals surface area (Å²) in [6.45, 7) is 2.47. The van der Waals surface area contributed by atoms with Crippen LogP contribution in [0.15, 0.2) is 30.6 Å². The fraction of sp³-hybridized carbons (Fsp3) is 0.316. The molecule has 3 aromatic heterocycles. The van der Waals surface area contributed by atoms with Crippen molar-refractivity contribution < 1.29 is 22.3 Å². The number of aromatic nitrogens is 4. The lowest BCUT2D eigenvalue weighted by atomic mass is 10.1. The smallest absolute Gasteiger partial charge is 0.330 e. The molecular formula is C19H16F4N4OS. The van der Waals surface area contributed by atoms with Crippen molar-refractivity contribution in [2.45, 2.75) is 32.8 Å². The van der Waals surface area contributed by atoms with Gasteiger partial charge in [-0.25, -0.2) is 23.3 Å². The highest BCUT2D eigenvalue weighted by atomic mass is 32.1. The summed E-state index contributed by atoms with van der Waals surface area (Å²) in [6.07, 6.45) is -2.16. The van der Waals surface area contributed by atoms with Gasteiger partial charge in [0.1, 0.15) is 17.8 Å². The predicted molar refractivity (Wildman–Crippen MR) is 102 cm³/mol. The van der Waals surface area contributed by atoms with Gasteiger partial charge in [-0.2, -0.15) is 8.78 Å². The third-order valence-corrected chi connectivity index (χ3v) is 5.69. The number of nitrogens with zero attached hydrogens (tertiary/aromatic N) is 4. The topological polar surface area (TPSA) is 52.3 Å². The Morgan fingerprint density at radius 3 is 2.79 bits per heavy atom. The average Bonchev–Trinajstić information content (AvgIpc) is 3.23. The van der Waals surface area contributed by atoms with Crippen molar-refractivity contribution in [3.63, 3.8) is 0 Å². The Morgan fingerprint density at radius 1 is 1.24 bits per heavy atom. The molecule has 0 aliphatic carbocycles. The molecule has 0 bridgehead atoms. The van der Waals surface area contributed by atoms with Crippen molar-refractivity contribution in [2.75, 3.05) is 6.61 Å². The van der Waals surface area contributed by atoms with E-state index in [1.54, 1.807) is 46.4 Å². The number of alkyl halides is 4. The van der Waals surface area contributed by atoms with Crippen LogP contribution in [0.25, 0.3) is 27.3 Å². The Labute approximate surface area is 167 Å². The van der Waals surface area contributed by atoms with Crippen LogP contribution < -0.4 is 0 Å². The summed E-state index contributed by atoms with van der Waals surface area (Å²) >= 11 is 1.59. The number of benzene rings is 1. The van der Waals surface area contributed by atoms with E-state index >= 15 is 0 Å². The molecule has 0 radical (unpaired) electrons. The number of hydrogen-bond acceptors (Lipinski definition) is 5. The van der Waals surface area contributed by atoms with Crippen molar-refractivity contribution in [1.82, 2.24) is 19.6 Å². The van der Waals surface area contributed by atoms with E-state index in [0.717, 1.165) is 20.7 Å². The van der Waals surface area contributed by atoms with Crippen molar-refractivity contribution in [3.8, 4) is 11.4 Å². The monoisotopic (exact) mass is 424 g/mol. The second kappa shape index (κ2) is 7.34. The lowest BCUT2D eigenvalue weighted by Crippen LogP contribution is -2.32. The number of ether oxygens (including phenoxy) is 1. The number of rotatable bonds is 6. The van der Waals surface area contributed by atoms with Crippen LogP contribution in [0.2, 0.25) is 0 Å². The van der Waals surface area contributed by atoms with Gasteiger partial charge >= 0.3 is 12.3 Å². The zero-order valence-electron chi connectivity index (χ0n) is 15.5. The largest absolute Gasteiger partial charge is 0.370 e. The standard InChI is InChI=1S/C19H16F4N4OS/c1-10-11(2)29-17-14(10)16-25-15(26-27(16)9-24-17)13-5-3-4-12(6-13)7-28-8-19(22,23)18(20)21/h3-6,9,18H,7-8H2,1-2H3. The van der Waals surface area contributed by atoms with E-state index < -0.39 is 19.0 Å². The summed E-state index contributed by atoms with van der Waals surface area (Å²) in [6, 6.07) is 6.83. The molecule has 29 heavy (non-hydrogen) atoms. The average molecular weight is 424 g/mol. The first-order valence-corrected chi connectivity index (χ1v) is 9.52. The van der Waals surface area contributed by atoms with Gasteiger partial charge in [-0.15, -0.1) is 16.4 Å². The number of aryl methyl sites for hydroxylation is 2. The lowest BCUT2D eigenvalue weighted by molar-refractivity contribution is -0.168. The zero-order chi connectivity index (χ0) is 20.8. The molecule has 0 fully saturated rings. The molecule has 152 valence electrons. The maximum atomic E-state index is 13.0. The lowest BCUT2D eigenvalue weighted by Gasteiger charge is -2.15. The van der Waals surface area contributed by atoms with Gasteiger partial charge in [0.25, 0.3) is 0 Å². The van der Waals surface area contributed by atoms with E-state index in [2.05, 4.69) is 15.1 Å². The number of fused-ring (bicyclic) bond motifs is 3. The Morgan fingerprint density at radius 2 is 2.03 bits per heavy atom. The third-order valence-electron chi connectivity index (χ3n) is 4.57. The molecule has 0 amide bonds. The minimum Gasteiger partial charge on any atom is -0.370 e. The van der Waals surface area contributed by atoms with Gasteiger partial charge in [0, 0.05) is 10.4 Å². The summed E-state index contributed by atoms with van der Waals surface area (Å²) in [4.78, 5) is 11.1. The molecule has 4 aromatic rings. The van der Waals surface area contributed by atoms with Crippen LogP contribution in [-0.2, 0) is 11.3 Å². The Bertz CT molecular complexity index is 1190. The van der Waals surface area contributed by atoms with Crippen LogP contribution in [0.3, 0.4) is 0 Å². The van der Waals surface area contributed by atoms with Crippen LogP contribution in [0.1, 0.15) is 16.0 Å². The van der Waals surface area contributed by atoms with Gasteiger partial charge in [-0.05, 0) is 31.0 Å². The van der Waals surface area contributed by atoms with E-state index in [1.807, 2.05) is 13.8 Å². The van der Waals surface area contributed by atoms with Gasteiger partial charge in [0.05, 0.1) is 12.0 Å². The summed E-state index contributed by atoms with van der Waals surface area (Å²) in [5.74, 6) is -3.72. The maximum absolute atomic E-state index is 13.0. The second-order valence-corrected chi connectivity index (χ2v) is 7.87. The molecule has 0 aliphatic heterocycles. The number of thiophene rings is 1. The molecule has 3 heterocycles. The highest BCUT2D eigenvalue weighted by Crippen LogP contribution is 2.31. The van der Waals surface area contributed by atoms with Gasteiger partial charge in [0.2, 0.25) is 0 Å². The molecule has 0 atom stereocenters. The summed E-state index contributed by atoms with van der Waals surface area (Å²) in [7, 11) is 0. The summed E-state index contributed by atoms with van der Waals surface area (Å²) in [5.41, 5.74) is 3.00. The van der Waals surface area contributed by atoms with Crippen molar-refractivity contribution >= 4 is 27.2 Å². The molecule has 0 saturated carbocycles. The highest BCUT2D eigenvalue weighted by molar-refractivity contribution is 7.18. The maximum Gasteiger partial charge on any atom is 0.330 e. The van der Waals surface area contributed by atoms with Gasteiger partial charge < -0.3 is 4.74 Å². The van der Waals surface area contributed by atoms with Crippen molar-refractivity contribution in [2.24, 2.45) is 0 Å². The van der Waals surface area contributed by atoms with Crippen molar-refractivity contribution in [1.29, 1.82) is 0 Å². The normalized spacial score (nSPS) is 12.5. The van der Waals surface area contributed by atoms with Crippen LogP contribution >= 0.6 is 11.3 Å². The third kappa shape index (κ3) is 3.69. The molecular weight excluding hydrogens is 408 g/mol. The first kappa shape index (κ1) is 19.7. The minimum atomic E-state index is -4.17. The Hall–Kier alpha value is -2.59. The van der Waals surface area contributed by atoms with Gasteiger partial charge in [0.15, 0.2) is 11.5 Å². The molecule has 1 aromatic carbocycles. The fourth-order valence-electron chi connectivity index (χ4n) is 2.94. The molecule has 10 heteroatoms. The quantitative estimate of drug-likeness (QED) is 0.407. The summed E-state index contributed by atoms with van der Waals surface area (Å²) < 4.78 is 56.8. The van der Waals surface area contributed by atoms with Gasteiger partial charge in [-0.3, -0.25) is 0 Å². The van der Waals surface area contributed by atoms with Crippen LogP contribution in [0.4, 0.5) is 17.6 Å². The molecule has 0 unspecified atom stereocenters. The van der Waals surface area contributed by atoms with E-state index in [-0.39, 0.29) is 6.61 Å². The van der Waals surface area contributed by atoms with E-state index in [9.17, 15) is 17.6 Å². The van der Waals surface area contributed by atoms with Gasteiger partial charge in [-0.1, -0.05) is 18.2 Å². The Kier molecular flexibility index (Phi) is 4.99.